The second kappa shape index (κ2) is 16.2. The molecule has 0 bridgehead atoms. The maximum atomic E-state index is 11.0. The molecule has 0 spiro atoms. The Morgan fingerprint density at radius 2 is 1.46 bits per heavy atom. The second-order valence-electron chi connectivity index (χ2n) is 6.61. The smallest absolute Gasteiger partial charge is 0.124 e. The molecule has 0 saturated heterocycles. The van der Waals surface area contributed by atoms with Crippen LogP contribution in [0.15, 0.2) is 29.2 Å². The maximum Gasteiger partial charge on any atom is 0.124 e. The van der Waals surface area contributed by atoms with Crippen LogP contribution in [0.2, 0.25) is 0 Å². The number of rotatable bonds is 13. The minimum Gasteiger partial charge on any atom is -0.744 e. The summed E-state index contributed by atoms with van der Waals surface area (Å²) in [6, 6.07) is 6.42. The molecular weight excluding hydrogens is 350 g/mol. The fraction of sp³-hybridized carbons (Fsp3) is 0.700. The number of hydrogen-bond acceptors (Lipinski definition) is 4. The maximum absolute atomic E-state index is 11.0. The highest BCUT2D eigenvalue weighted by Crippen LogP contribution is 2.15. The molecule has 0 aliphatic carbocycles. The molecule has 4 N–H and O–H groups in total. The lowest BCUT2D eigenvalue weighted by Gasteiger charge is -2.09. The first-order valence-electron chi connectivity index (χ1n) is 9.90. The Balaban J connectivity index is 0.00000141. The average Bonchev–Trinajstić information content (AvgIpc) is 2.63. The van der Waals surface area contributed by atoms with Crippen LogP contribution in [0, 0.1) is 0 Å². The molecule has 0 aliphatic rings. The van der Waals surface area contributed by atoms with E-state index in [0.29, 0.717) is 6.54 Å². The van der Waals surface area contributed by atoms with Gasteiger partial charge in [0.15, 0.2) is 0 Å². The summed E-state index contributed by atoms with van der Waals surface area (Å²) in [7, 11) is -4.33. The summed E-state index contributed by atoms with van der Waals surface area (Å²) in [5.74, 6) is 0. The van der Waals surface area contributed by atoms with E-state index in [1.54, 1.807) is 6.07 Å². The zero-order valence-electron chi connectivity index (χ0n) is 16.3. The van der Waals surface area contributed by atoms with E-state index in [9.17, 15) is 13.0 Å². The van der Waals surface area contributed by atoms with Crippen molar-refractivity contribution in [2.75, 3.05) is 13.2 Å². The lowest BCUT2D eigenvalue weighted by molar-refractivity contribution is -0.372. The summed E-state index contributed by atoms with van der Waals surface area (Å²) < 4.78 is 32.9. The van der Waals surface area contributed by atoms with Gasteiger partial charge in [-0.2, -0.15) is 0 Å². The first-order valence-corrected chi connectivity index (χ1v) is 11.3. The molecule has 0 atom stereocenters. The largest absolute Gasteiger partial charge is 0.744 e. The molecule has 6 heteroatoms. The van der Waals surface area contributed by atoms with Gasteiger partial charge in [0.25, 0.3) is 0 Å². The van der Waals surface area contributed by atoms with Gasteiger partial charge in [-0.05, 0) is 30.5 Å². The van der Waals surface area contributed by atoms with Crippen LogP contribution in [0.4, 0.5) is 0 Å². The number of aliphatic hydroxyl groups is 1. The number of quaternary nitrogens is 1. The first kappa shape index (κ1) is 25.1. The number of benzene rings is 1. The molecule has 0 aliphatic heterocycles. The van der Waals surface area contributed by atoms with Gasteiger partial charge < -0.3 is 15.4 Å². The Labute approximate surface area is 159 Å². The topological polar surface area (TPSA) is 105 Å². The van der Waals surface area contributed by atoms with Gasteiger partial charge in [0, 0.05) is 0 Å². The molecule has 0 unspecified atom stereocenters. The van der Waals surface area contributed by atoms with Crippen LogP contribution >= 0.6 is 0 Å². The van der Waals surface area contributed by atoms with Crippen molar-refractivity contribution in [1.82, 2.24) is 0 Å². The van der Waals surface area contributed by atoms with Crippen LogP contribution in [0.5, 0.6) is 0 Å². The summed E-state index contributed by atoms with van der Waals surface area (Å²) in [6.07, 6.45) is 13.7. The Bertz CT molecular complexity index is 544. The predicted octanol–water partition coefficient (Wildman–Crippen LogP) is 3.27. The molecular formula is C20H37NO4S. The van der Waals surface area contributed by atoms with Crippen molar-refractivity contribution < 1.29 is 23.8 Å². The van der Waals surface area contributed by atoms with Crippen molar-refractivity contribution in [1.29, 1.82) is 0 Å². The van der Waals surface area contributed by atoms with Gasteiger partial charge in [-0.3, -0.25) is 0 Å². The zero-order chi connectivity index (χ0) is 19.7. The molecule has 0 radical (unpaired) electrons. The Morgan fingerprint density at radius 3 is 1.92 bits per heavy atom. The normalized spacial score (nSPS) is 11.1. The number of aryl methyl sites for hydroxylation is 1. The van der Waals surface area contributed by atoms with E-state index in [2.05, 4.69) is 12.7 Å². The van der Waals surface area contributed by atoms with Gasteiger partial charge in [-0.1, -0.05) is 76.8 Å². The summed E-state index contributed by atoms with van der Waals surface area (Å²) in [4.78, 5) is -0.114. The molecule has 152 valence electrons. The highest BCUT2D eigenvalue weighted by atomic mass is 32.2. The van der Waals surface area contributed by atoms with E-state index >= 15 is 0 Å². The summed E-state index contributed by atoms with van der Waals surface area (Å²) in [6.45, 7) is 3.07. The molecule has 0 fully saturated rings. The van der Waals surface area contributed by atoms with Crippen LogP contribution in [0.25, 0.3) is 0 Å². The molecule has 1 aromatic carbocycles. The molecule has 1 rings (SSSR count). The molecule has 0 saturated carbocycles. The lowest BCUT2D eigenvalue weighted by Crippen LogP contribution is -2.51. The number of unbranched alkanes of at least 4 members (excludes halogenated alkanes) is 9. The molecule has 5 nitrogen and oxygen atoms in total. The Hall–Kier alpha value is -0.950. The standard InChI is InChI=1S/C18H30O3S.C2H7NO/c1-2-3-4-5-6-7-8-9-10-11-13-17-14-12-15-18(16-17)22(19,20)21;3-1-2-4/h12,14-16H,2-11,13H2,1H3,(H,19,20,21);4H,1-3H2. The fourth-order valence-corrected chi connectivity index (χ4v) is 3.21. The van der Waals surface area contributed by atoms with Crippen LogP contribution < -0.4 is 5.73 Å². The van der Waals surface area contributed by atoms with E-state index in [1.807, 2.05) is 6.07 Å². The Morgan fingerprint density at radius 1 is 0.962 bits per heavy atom. The Kier molecular flexibility index (Phi) is 15.6. The third-order valence-corrected chi connectivity index (χ3v) is 5.00. The van der Waals surface area contributed by atoms with Crippen LogP contribution in [0.3, 0.4) is 0 Å². The summed E-state index contributed by atoms with van der Waals surface area (Å²) in [5.41, 5.74) is 4.30. The highest BCUT2D eigenvalue weighted by Gasteiger charge is 2.02. The quantitative estimate of drug-likeness (QED) is 0.400. The molecule has 26 heavy (non-hydrogen) atoms. The van der Waals surface area contributed by atoms with Gasteiger partial charge in [0.2, 0.25) is 0 Å². The number of aliphatic hydroxyl groups excluding tert-OH is 1. The van der Waals surface area contributed by atoms with Gasteiger partial charge >= 0.3 is 0 Å². The zero-order valence-corrected chi connectivity index (χ0v) is 17.1. The third kappa shape index (κ3) is 14.2. The van der Waals surface area contributed by atoms with Crippen molar-refractivity contribution in [3.8, 4) is 0 Å². The van der Waals surface area contributed by atoms with Gasteiger partial charge in [-0.15, -0.1) is 0 Å². The van der Waals surface area contributed by atoms with E-state index in [0.717, 1.165) is 18.4 Å². The van der Waals surface area contributed by atoms with Crippen LogP contribution in [-0.4, -0.2) is 31.2 Å². The van der Waals surface area contributed by atoms with Crippen LogP contribution in [-0.2, 0) is 16.5 Å². The van der Waals surface area contributed by atoms with Crippen molar-refractivity contribution >= 4 is 10.1 Å². The fourth-order valence-electron chi connectivity index (χ4n) is 2.67. The van der Waals surface area contributed by atoms with E-state index in [1.165, 1.54) is 69.9 Å². The SMILES string of the molecule is CCCCCCCCCCCCc1cccc(S(=O)(=O)[O-])c1.[NH3+]CCO. The monoisotopic (exact) mass is 387 g/mol. The summed E-state index contributed by atoms with van der Waals surface area (Å²) >= 11 is 0. The predicted molar refractivity (Wildman–Crippen MR) is 105 cm³/mol. The van der Waals surface area contributed by atoms with Crippen LogP contribution in [0.1, 0.15) is 76.7 Å². The average molecular weight is 388 g/mol. The van der Waals surface area contributed by atoms with Gasteiger partial charge in [-0.25, -0.2) is 8.42 Å². The summed E-state index contributed by atoms with van der Waals surface area (Å²) in [5, 5.41) is 7.81. The van der Waals surface area contributed by atoms with E-state index < -0.39 is 10.1 Å². The minimum atomic E-state index is -4.33. The van der Waals surface area contributed by atoms with Gasteiger partial charge in [0.05, 0.1) is 18.0 Å². The van der Waals surface area contributed by atoms with Crippen molar-refractivity contribution in [3.05, 3.63) is 29.8 Å². The lowest BCUT2D eigenvalue weighted by atomic mass is 10.0. The second-order valence-corrected chi connectivity index (χ2v) is 7.99. The highest BCUT2D eigenvalue weighted by molar-refractivity contribution is 7.85. The molecule has 1 aromatic rings. The van der Waals surface area contributed by atoms with Crippen molar-refractivity contribution in [2.45, 2.75) is 82.4 Å². The molecule has 0 heterocycles. The number of hydrogen-bond donors (Lipinski definition) is 2. The minimum absolute atomic E-state index is 0.114. The first-order chi connectivity index (χ1) is 12.5. The van der Waals surface area contributed by atoms with E-state index in [-0.39, 0.29) is 11.5 Å². The van der Waals surface area contributed by atoms with Crippen molar-refractivity contribution in [3.63, 3.8) is 0 Å². The van der Waals surface area contributed by atoms with Crippen molar-refractivity contribution in [2.24, 2.45) is 0 Å². The van der Waals surface area contributed by atoms with Gasteiger partial charge in [0.1, 0.15) is 10.1 Å². The third-order valence-electron chi connectivity index (χ3n) is 4.16. The molecule has 0 aromatic heterocycles. The molecule has 0 amide bonds. The van der Waals surface area contributed by atoms with E-state index in [4.69, 9.17) is 5.11 Å².